The van der Waals surface area contributed by atoms with Gasteiger partial charge in [0.25, 0.3) is 0 Å². The minimum atomic E-state index is 0.104. The lowest BCUT2D eigenvalue weighted by Gasteiger charge is -2.27. The molecule has 0 radical (unpaired) electrons. The molecule has 1 aliphatic heterocycles. The molecule has 1 saturated heterocycles. The highest BCUT2D eigenvalue weighted by Gasteiger charge is 2.61. The van der Waals surface area contributed by atoms with E-state index >= 15 is 0 Å². The first-order chi connectivity index (χ1) is 10.8. The van der Waals surface area contributed by atoms with E-state index in [1.54, 1.807) is 0 Å². The van der Waals surface area contributed by atoms with Crippen LogP contribution in [0.25, 0.3) is 0 Å². The summed E-state index contributed by atoms with van der Waals surface area (Å²) in [6, 6.07) is 8.79. The van der Waals surface area contributed by atoms with Gasteiger partial charge in [-0.15, -0.1) is 0 Å². The molecule has 2 aliphatic rings. The first-order valence-electron chi connectivity index (χ1n) is 8.85. The van der Waals surface area contributed by atoms with E-state index < -0.39 is 0 Å². The van der Waals surface area contributed by atoms with Gasteiger partial charge >= 0.3 is 0 Å². The van der Waals surface area contributed by atoms with Crippen molar-refractivity contribution in [1.82, 2.24) is 4.90 Å². The summed E-state index contributed by atoms with van der Waals surface area (Å²) in [7, 11) is 0. The Morgan fingerprint density at radius 3 is 2.61 bits per heavy atom. The van der Waals surface area contributed by atoms with E-state index in [4.69, 9.17) is 0 Å². The molecule has 1 aromatic rings. The second-order valence-electron chi connectivity index (χ2n) is 8.12. The van der Waals surface area contributed by atoms with Crippen LogP contribution in [0, 0.1) is 24.2 Å². The molecule has 0 N–H and O–H groups in total. The molecule has 2 nitrogen and oxygen atoms in total. The average Bonchev–Trinajstić information content (AvgIpc) is 2.86. The van der Waals surface area contributed by atoms with Crippen molar-refractivity contribution in [3.63, 3.8) is 0 Å². The normalized spacial score (nSPS) is 28.6. The van der Waals surface area contributed by atoms with Gasteiger partial charge in [0.1, 0.15) is 0 Å². The number of hydrogen-bond acceptors (Lipinski definition) is 1. The molecule has 1 aromatic carbocycles. The van der Waals surface area contributed by atoms with Crippen LogP contribution in [0.4, 0.5) is 0 Å². The van der Waals surface area contributed by atoms with Crippen molar-refractivity contribution >= 4 is 5.91 Å². The molecular weight excluding hydrogens is 282 g/mol. The third-order valence-corrected chi connectivity index (χ3v) is 5.77. The van der Waals surface area contributed by atoms with E-state index in [1.165, 1.54) is 16.7 Å². The number of hydrogen-bond donors (Lipinski definition) is 0. The molecule has 1 saturated carbocycles. The summed E-state index contributed by atoms with van der Waals surface area (Å²) in [5.74, 6) is 0.920. The maximum Gasteiger partial charge on any atom is 0.227 e. The summed E-state index contributed by atoms with van der Waals surface area (Å²) in [5, 5.41) is 0. The van der Waals surface area contributed by atoms with Gasteiger partial charge in [-0.3, -0.25) is 4.79 Å². The third kappa shape index (κ3) is 2.84. The van der Waals surface area contributed by atoms with Crippen molar-refractivity contribution in [2.24, 2.45) is 17.3 Å². The molecule has 0 unspecified atom stereocenters. The molecule has 0 aromatic heterocycles. The van der Waals surface area contributed by atoms with Gasteiger partial charge in [0, 0.05) is 6.54 Å². The van der Waals surface area contributed by atoms with Gasteiger partial charge in [0.15, 0.2) is 0 Å². The molecule has 2 fully saturated rings. The number of aryl methyl sites for hydroxylation is 1. The van der Waals surface area contributed by atoms with Crippen molar-refractivity contribution < 1.29 is 4.79 Å². The van der Waals surface area contributed by atoms with Gasteiger partial charge in [-0.05, 0) is 56.1 Å². The molecule has 0 bridgehead atoms. The standard InChI is InChI=1S/C21H29NO/c1-14(2)13-17-19(21(17,4)5)20(23)22-12-8-11-18(22)16-10-7-6-9-15(16)3/h6-7,9-10,13,17-19H,8,11-12H2,1-5H3/t17-,18-,19-/m1/s1. The number of likely N-dealkylation sites (tertiary alicyclic amines) is 1. The van der Waals surface area contributed by atoms with Crippen molar-refractivity contribution in [3.05, 3.63) is 47.0 Å². The van der Waals surface area contributed by atoms with Crippen LogP contribution >= 0.6 is 0 Å². The van der Waals surface area contributed by atoms with Crippen LogP contribution in [0.15, 0.2) is 35.9 Å². The van der Waals surface area contributed by atoms with Crippen molar-refractivity contribution in [1.29, 1.82) is 0 Å². The van der Waals surface area contributed by atoms with Crippen LogP contribution in [0.5, 0.6) is 0 Å². The van der Waals surface area contributed by atoms with E-state index in [0.29, 0.717) is 11.8 Å². The van der Waals surface area contributed by atoms with E-state index in [0.717, 1.165) is 19.4 Å². The molecule has 1 amide bonds. The summed E-state index contributed by atoms with van der Waals surface area (Å²) >= 11 is 0. The first kappa shape index (κ1) is 16.3. The van der Waals surface area contributed by atoms with Crippen LogP contribution < -0.4 is 0 Å². The number of amides is 1. The highest BCUT2D eigenvalue weighted by molar-refractivity contribution is 5.84. The summed E-state index contributed by atoms with van der Waals surface area (Å²) < 4.78 is 0. The topological polar surface area (TPSA) is 20.3 Å². The van der Waals surface area contributed by atoms with Crippen molar-refractivity contribution in [2.75, 3.05) is 6.54 Å². The molecule has 1 heterocycles. The van der Waals surface area contributed by atoms with Gasteiger partial charge in [-0.25, -0.2) is 0 Å². The molecular formula is C21H29NO. The van der Waals surface area contributed by atoms with E-state index in [-0.39, 0.29) is 17.4 Å². The zero-order valence-electron chi connectivity index (χ0n) is 15.1. The summed E-state index contributed by atoms with van der Waals surface area (Å²) in [6.45, 7) is 11.8. The average molecular weight is 311 g/mol. The maximum atomic E-state index is 13.2. The van der Waals surface area contributed by atoms with Crippen LogP contribution in [0.3, 0.4) is 0 Å². The second-order valence-corrected chi connectivity index (χ2v) is 8.12. The quantitative estimate of drug-likeness (QED) is 0.727. The summed E-state index contributed by atoms with van der Waals surface area (Å²) in [6.07, 6.45) is 4.50. The van der Waals surface area contributed by atoms with Gasteiger partial charge in [0.2, 0.25) is 5.91 Å². The fourth-order valence-corrected chi connectivity index (χ4v) is 4.31. The summed E-state index contributed by atoms with van der Waals surface area (Å²) in [4.78, 5) is 15.4. The van der Waals surface area contributed by atoms with Crippen molar-refractivity contribution in [3.8, 4) is 0 Å². The van der Waals surface area contributed by atoms with Crippen LogP contribution in [-0.2, 0) is 4.79 Å². The predicted molar refractivity (Wildman–Crippen MR) is 95.1 cm³/mol. The van der Waals surface area contributed by atoms with Gasteiger partial charge < -0.3 is 4.90 Å². The number of benzene rings is 1. The number of nitrogens with zero attached hydrogens (tertiary/aromatic N) is 1. The van der Waals surface area contributed by atoms with E-state index in [2.05, 4.69) is 69.9 Å². The zero-order chi connectivity index (χ0) is 16.8. The zero-order valence-corrected chi connectivity index (χ0v) is 15.1. The Morgan fingerprint density at radius 2 is 1.96 bits per heavy atom. The predicted octanol–water partition coefficient (Wildman–Crippen LogP) is 4.90. The van der Waals surface area contributed by atoms with Crippen LogP contribution in [-0.4, -0.2) is 17.4 Å². The monoisotopic (exact) mass is 311 g/mol. The number of rotatable bonds is 3. The number of carbonyl (C=O) groups is 1. The molecule has 0 spiro atoms. The molecule has 3 rings (SSSR count). The Morgan fingerprint density at radius 1 is 1.26 bits per heavy atom. The smallest absolute Gasteiger partial charge is 0.227 e. The lowest BCUT2D eigenvalue weighted by atomic mass is 9.99. The first-order valence-corrected chi connectivity index (χ1v) is 8.85. The Balaban J connectivity index is 1.83. The number of carbonyl (C=O) groups excluding carboxylic acids is 1. The Bertz CT molecular complexity index is 639. The highest BCUT2D eigenvalue weighted by Crippen LogP contribution is 2.60. The largest absolute Gasteiger partial charge is 0.335 e. The Kier molecular flexibility index (Phi) is 4.12. The second kappa shape index (κ2) is 5.81. The van der Waals surface area contributed by atoms with E-state index in [1.807, 2.05) is 0 Å². The lowest BCUT2D eigenvalue weighted by molar-refractivity contribution is -0.134. The Labute approximate surface area is 140 Å². The molecule has 3 atom stereocenters. The fourth-order valence-electron chi connectivity index (χ4n) is 4.31. The molecule has 23 heavy (non-hydrogen) atoms. The maximum absolute atomic E-state index is 13.2. The number of allylic oxidation sites excluding steroid dienone is 2. The van der Waals surface area contributed by atoms with Gasteiger partial charge in [0.05, 0.1) is 12.0 Å². The molecule has 1 aliphatic carbocycles. The fraction of sp³-hybridized carbons (Fsp3) is 0.571. The van der Waals surface area contributed by atoms with Crippen LogP contribution in [0.2, 0.25) is 0 Å². The lowest BCUT2D eigenvalue weighted by Crippen LogP contribution is -2.33. The minimum Gasteiger partial charge on any atom is -0.335 e. The minimum absolute atomic E-state index is 0.104. The SMILES string of the molecule is CC(C)=C[C@@H]1[C@H](C(=O)N2CCC[C@@H]2c2ccccc2C)C1(C)C. The van der Waals surface area contributed by atoms with Crippen molar-refractivity contribution in [2.45, 2.75) is 53.5 Å². The molecule has 2 heteroatoms. The molecule has 124 valence electrons. The van der Waals surface area contributed by atoms with Gasteiger partial charge in [-0.1, -0.05) is 49.8 Å². The van der Waals surface area contributed by atoms with Gasteiger partial charge in [-0.2, -0.15) is 0 Å². The Hall–Kier alpha value is -1.57. The third-order valence-electron chi connectivity index (χ3n) is 5.77. The van der Waals surface area contributed by atoms with Crippen LogP contribution in [0.1, 0.15) is 57.7 Å². The summed E-state index contributed by atoms with van der Waals surface area (Å²) in [5.41, 5.74) is 4.05. The highest BCUT2D eigenvalue weighted by atomic mass is 16.2. The van der Waals surface area contributed by atoms with E-state index in [9.17, 15) is 4.79 Å².